The highest BCUT2D eigenvalue weighted by molar-refractivity contribution is 4.99. The molecule has 0 saturated heterocycles. The van der Waals surface area contributed by atoms with E-state index in [1.807, 2.05) is 26.8 Å². The van der Waals surface area contributed by atoms with E-state index in [2.05, 4.69) is 10.2 Å². The number of nitrogens with zero attached hydrogens (tertiary/aromatic N) is 3. The van der Waals surface area contributed by atoms with E-state index in [9.17, 15) is 0 Å². The predicted octanol–water partition coefficient (Wildman–Crippen LogP) is 2.51. The van der Waals surface area contributed by atoms with Crippen molar-refractivity contribution in [3.8, 4) is 6.07 Å². The van der Waals surface area contributed by atoms with Gasteiger partial charge in [0.25, 0.3) is 0 Å². The highest BCUT2D eigenvalue weighted by atomic mass is 16.5. The van der Waals surface area contributed by atoms with Gasteiger partial charge in [-0.1, -0.05) is 0 Å². The Morgan fingerprint density at radius 3 is 2.15 bits per heavy atom. The lowest BCUT2D eigenvalue weighted by Crippen LogP contribution is -2.23. The molecule has 4 heteroatoms. The van der Waals surface area contributed by atoms with E-state index in [4.69, 9.17) is 10.00 Å². The first-order valence-corrected chi connectivity index (χ1v) is 4.32. The third-order valence-corrected chi connectivity index (χ3v) is 1.31. The zero-order chi connectivity index (χ0) is 10.5. The Bertz CT molecular complexity index is 226. The maximum Gasteiger partial charge on any atom is 0.173 e. The van der Waals surface area contributed by atoms with Gasteiger partial charge in [-0.3, -0.25) is 0 Å². The van der Waals surface area contributed by atoms with Crippen molar-refractivity contribution in [2.75, 3.05) is 6.61 Å². The maximum absolute atomic E-state index is 8.68. The molecule has 0 bridgehead atoms. The Kier molecular flexibility index (Phi) is 4.02. The van der Waals surface area contributed by atoms with E-state index < -0.39 is 11.3 Å². The molecular formula is C9H17N3O. The van der Waals surface area contributed by atoms with Crippen LogP contribution in [-0.4, -0.2) is 17.9 Å². The molecule has 0 N–H and O–H groups in total. The number of rotatable bonds is 4. The molecule has 0 heterocycles. The summed E-state index contributed by atoms with van der Waals surface area (Å²) in [6.07, 6.45) is 0. The SMILES string of the molecule is CCOC(C)(C)N=NC(C)(C)C#N. The van der Waals surface area contributed by atoms with Crippen molar-refractivity contribution in [2.45, 2.75) is 45.9 Å². The van der Waals surface area contributed by atoms with Gasteiger partial charge in [0.2, 0.25) is 0 Å². The highest BCUT2D eigenvalue weighted by Gasteiger charge is 2.20. The molecule has 13 heavy (non-hydrogen) atoms. The van der Waals surface area contributed by atoms with Gasteiger partial charge in [-0.05, 0) is 34.6 Å². The molecule has 0 amide bonds. The average Bonchev–Trinajstić information content (AvgIpc) is 2.02. The van der Waals surface area contributed by atoms with Crippen molar-refractivity contribution in [3.63, 3.8) is 0 Å². The summed E-state index contributed by atoms with van der Waals surface area (Å²) >= 11 is 0. The van der Waals surface area contributed by atoms with Crippen LogP contribution in [0.25, 0.3) is 0 Å². The molecule has 0 rings (SSSR count). The number of hydrogen-bond donors (Lipinski definition) is 0. The summed E-state index contributed by atoms with van der Waals surface area (Å²) in [5.74, 6) is 0. The Morgan fingerprint density at radius 1 is 1.23 bits per heavy atom. The van der Waals surface area contributed by atoms with Gasteiger partial charge in [0.05, 0.1) is 6.07 Å². The summed E-state index contributed by atoms with van der Waals surface area (Å²) in [6, 6.07) is 2.04. The van der Waals surface area contributed by atoms with E-state index in [1.165, 1.54) is 0 Å². The van der Waals surface area contributed by atoms with Crippen molar-refractivity contribution in [1.29, 1.82) is 5.26 Å². The van der Waals surface area contributed by atoms with E-state index in [0.29, 0.717) is 6.61 Å². The van der Waals surface area contributed by atoms with Crippen molar-refractivity contribution in [1.82, 2.24) is 0 Å². The summed E-state index contributed by atoms with van der Waals surface area (Å²) in [7, 11) is 0. The summed E-state index contributed by atoms with van der Waals surface area (Å²) in [5, 5.41) is 16.5. The fourth-order valence-corrected chi connectivity index (χ4v) is 0.650. The number of hydrogen-bond acceptors (Lipinski definition) is 4. The van der Waals surface area contributed by atoms with Crippen LogP contribution in [0.2, 0.25) is 0 Å². The molecule has 0 atom stereocenters. The smallest absolute Gasteiger partial charge is 0.173 e. The van der Waals surface area contributed by atoms with Crippen LogP contribution >= 0.6 is 0 Å². The van der Waals surface area contributed by atoms with Crippen LogP contribution in [0.3, 0.4) is 0 Å². The first-order chi connectivity index (χ1) is 5.83. The second-order valence-electron chi connectivity index (χ2n) is 3.75. The Morgan fingerprint density at radius 2 is 1.77 bits per heavy atom. The van der Waals surface area contributed by atoms with E-state index in [1.54, 1.807) is 13.8 Å². The van der Waals surface area contributed by atoms with E-state index in [0.717, 1.165) is 0 Å². The minimum Gasteiger partial charge on any atom is -0.353 e. The minimum absolute atomic E-state index is 0.582. The van der Waals surface area contributed by atoms with Crippen LogP contribution in [0.15, 0.2) is 10.2 Å². The summed E-state index contributed by atoms with van der Waals surface area (Å²) in [4.78, 5) is 0. The third kappa shape index (κ3) is 5.31. The molecule has 0 radical (unpaired) electrons. The molecule has 0 aliphatic rings. The van der Waals surface area contributed by atoms with E-state index in [-0.39, 0.29) is 0 Å². The molecule has 74 valence electrons. The summed E-state index contributed by atoms with van der Waals surface area (Å²) < 4.78 is 5.30. The normalized spacial score (nSPS) is 13.2. The molecular weight excluding hydrogens is 166 g/mol. The van der Waals surface area contributed by atoms with E-state index >= 15 is 0 Å². The fraction of sp³-hybridized carbons (Fsp3) is 0.889. The summed E-state index contributed by atoms with van der Waals surface area (Å²) in [6.45, 7) is 9.52. The summed E-state index contributed by atoms with van der Waals surface area (Å²) in [5.41, 5.74) is -1.41. The first kappa shape index (κ1) is 12.0. The van der Waals surface area contributed by atoms with Crippen LogP contribution in [0.5, 0.6) is 0 Å². The molecule has 0 aromatic rings. The van der Waals surface area contributed by atoms with Gasteiger partial charge >= 0.3 is 0 Å². The monoisotopic (exact) mass is 183 g/mol. The lowest BCUT2D eigenvalue weighted by molar-refractivity contribution is -0.00978. The minimum atomic E-state index is -0.769. The maximum atomic E-state index is 8.68. The second-order valence-corrected chi connectivity index (χ2v) is 3.75. The molecule has 0 fully saturated rings. The van der Waals surface area contributed by atoms with Gasteiger partial charge in [0, 0.05) is 6.61 Å². The van der Waals surface area contributed by atoms with Gasteiger partial charge < -0.3 is 4.74 Å². The van der Waals surface area contributed by atoms with Crippen LogP contribution in [0, 0.1) is 11.3 Å². The molecule has 0 aliphatic heterocycles. The van der Waals surface area contributed by atoms with Crippen molar-refractivity contribution in [2.24, 2.45) is 10.2 Å². The standard InChI is InChI=1S/C9H17N3O/c1-6-13-9(4,5)12-11-8(2,3)7-10/h6H2,1-5H3. The molecule has 0 unspecified atom stereocenters. The van der Waals surface area contributed by atoms with Crippen LogP contribution < -0.4 is 0 Å². The molecule has 0 aromatic heterocycles. The molecule has 0 aromatic carbocycles. The van der Waals surface area contributed by atoms with Crippen LogP contribution in [0.1, 0.15) is 34.6 Å². The van der Waals surface area contributed by atoms with Crippen molar-refractivity contribution >= 4 is 0 Å². The van der Waals surface area contributed by atoms with Crippen LogP contribution in [0.4, 0.5) is 0 Å². The molecule has 0 spiro atoms. The quantitative estimate of drug-likeness (QED) is 0.629. The second kappa shape index (κ2) is 4.33. The van der Waals surface area contributed by atoms with Gasteiger partial charge in [-0.25, -0.2) is 0 Å². The number of ether oxygens (including phenoxy) is 1. The number of azo groups is 1. The van der Waals surface area contributed by atoms with Gasteiger partial charge in [0.1, 0.15) is 0 Å². The highest BCUT2D eigenvalue weighted by Crippen LogP contribution is 2.15. The van der Waals surface area contributed by atoms with Gasteiger partial charge in [0.15, 0.2) is 11.3 Å². The topological polar surface area (TPSA) is 57.7 Å². The zero-order valence-electron chi connectivity index (χ0n) is 8.96. The molecule has 0 aliphatic carbocycles. The molecule has 0 saturated carbocycles. The third-order valence-electron chi connectivity index (χ3n) is 1.31. The predicted molar refractivity (Wildman–Crippen MR) is 50.3 cm³/mol. The van der Waals surface area contributed by atoms with Crippen molar-refractivity contribution < 1.29 is 4.74 Å². The largest absolute Gasteiger partial charge is 0.353 e. The van der Waals surface area contributed by atoms with Gasteiger partial charge in [-0.2, -0.15) is 15.5 Å². The van der Waals surface area contributed by atoms with Crippen LogP contribution in [-0.2, 0) is 4.74 Å². The lowest BCUT2D eigenvalue weighted by Gasteiger charge is -2.19. The molecule has 4 nitrogen and oxygen atoms in total. The first-order valence-electron chi connectivity index (χ1n) is 4.32. The number of nitriles is 1. The lowest BCUT2D eigenvalue weighted by atomic mass is 10.1. The fourth-order valence-electron chi connectivity index (χ4n) is 0.650. The Hall–Kier alpha value is -0.950. The Labute approximate surface area is 79.6 Å². The van der Waals surface area contributed by atoms with Crippen molar-refractivity contribution in [3.05, 3.63) is 0 Å². The van der Waals surface area contributed by atoms with Gasteiger partial charge in [-0.15, -0.1) is 0 Å². The Balaban J connectivity index is 4.35. The zero-order valence-corrected chi connectivity index (χ0v) is 8.96. The average molecular weight is 183 g/mol.